The monoisotopic (exact) mass is 387 g/mol. The Hall–Kier alpha value is -2.45. The van der Waals surface area contributed by atoms with E-state index in [1.165, 1.54) is 6.42 Å². The number of hydrogen-bond acceptors (Lipinski definition) is 5. The molecule has 1 saturated heterocycles. The van der Waals surface area contributed by atoms with Crippen molar-refractivity contribution in [2.75, 3.05) is 18.4 Å². The second kappa shape index (κ2) is 9.16. The molecule has 1 saturated carbocycles. The number of anilines is 1. The lowest BCUT2D eigenvalue weighted by atomic mass is 9.81. The first-order valence-electron chi connectivity index (χ1n) is 9.99. The molecule has 0 radical (unpaired) electrons. The van der Waals surface area contributed by atoms with Crippen LogP contribution >= 0.6 is 0 Å². The van der Waals surface area contributed by atoms with Crippen LogP contribution in [0.15, 0.2) is 24.3 Å². The zero-order valence-electron chi connectivity index (χ0n) is 16.2. The highest BCUT2D eigenvalue weighted by Crippen LogP contribution is 2.30. The SMILES string of the molecule is CCN(CCC(=O)Nc1ccc(C(N)=O)cc1)C(=O)C1NNC2CCCCC21. The highest BCUT2D eigenvalue weighted by atomic mass is 16.2. The van der Waals surface area contributed by atoms with Crippen LogP contribution in [0.2, 0.25) is 0 Å². The first-order chi connectivity index (χ1) is 13.5. The van der Waals surface area contributed by atoms with Gasteiger partial charge in [0.2, 0.25) is 17.7 Å². The molecule has 0 bridgehead atoms. The number of likely N-dealkylation sites (N-methyl/N-ethyl adjacent to an activating group) is 1. The van der Waals surface area contributed by atoms with E-state index in [-0.39, 0.29) is 24.3 Å². The maximum absolute atomic E-state index is 13.0. The first kappa shape index (κ1) is 20.3. The lowest BCUT2D eigenvalue weighted by molar-refractivity contribution is -0.134. The van der Waals surface area contributed by atoms with Crippen molar-refractivity contribution < 1.29 is 14.4 Å². The molecular weight excluding hydrogens is 358 g/mol. The van der Waals surface area contributed by atoms with E-state index in [1.54, 1.807) is 29.2 Å². The molecule has 5 N–H and O–H groups in total. The fourth-order valence-corrected chi connectivity index (χ4v) is 4.09. The van der Waals surface area contributed by atoms with Gasteiger partial charge in [0, 0.05) is 42.7 Å². The standard InChI is InChI=1S/C20H29N5O3/c1-2-25(20(28)18-15-5-3-4-6-16(15)23-24-18)12-11-17(26)22-14-9-7-13(8-10-14)19(21)27/h7-10,15-16,18,23-24H,2-6,11-12H2,1H3,(H2,21,27)(H,22,26). The van der Waals surface area contributed by atoms with E-state index in [1.807, 2.05) is 6.92 Å². The van der Waals surface area contributed by atoms with E-state index in [0.29, 0.717) is 36.3 Å². The van der Waals surface area contributed by atoms with E-state index in [9.17, 15) is 14.4 Å². The molecule has 8 nitrogen and oxygen atoms in total. The van der Waals surface area contributed by atoms with Crippen molar-refractivity contribution >= 4 is 23.4 Å². The van der Waals surface area contributed by atoms with Crippen molar-refractivity contribution in [3.05, 3.63) is 29.8 Å². The Bertz CT molecular complexity index is 721. The summed E-state index contributed by atoms with van der Waals surface area (Å²) in [6.07, 6.45) is 4.74. The molecule has 1 aromatic rings. The number of primary amides is 1. The quantitative estimate of drug-likeness (QED) is 0.557. The zero-order chi connectivity index (χ0) is 20.1. The van der Waals surface area contributed by atoms with Crippen LogP contribution in [0.4, 0.5) is 5.69 Å². The molecule has 28 heavy (non-hydrogen) atoms. The maximum atomic E-state index is 13.0. The summed E-state index contributed by atoms with van der Waals surface area (Å²) in [5.41, 5.74) is 12.6. The van der Waals surface area contributed by atoms with Crippen molar-refractivity contribution in [1.82, 2.24) is 15.8 Å². The third kappa shape index (κ3) is 4.69. The van der Waals surface area contributed by atoms with Crippen LogP contribution in [0.5, 0.6) is 0 Å². The van der Waals surface area contributed by atoms with Crippen LogP contribution in [-0.2, 0) is 9.59 Å². The number of amides is 3. The van der Waals surface area contributed by atoms with E-state index in [0.717, 1.165) is 19.3 Å². The molecule has 3 amide bonds. The van der Waals surface area contributed by atoms with Gasteiger partial charge in [-0.15, -0.1) is 0 Å². The van der Waals surface area contributed by atoms with Gasteiger partial charge in [-0.1, -0.05) is 12.8 Å². The predicted octanol–water partition coefficient (Wildman–Crippen LogP) is 0.998. The first-order valence-corrected chi connectivity index (χ1v) is 9.99. The van der Waals surface area contributed by atoms with Gasteiger partial charge in [0.1, 0.15) is 6.04 Å². The van der Waals surface area contributed by atoms with Gasteiger partial charge in [-0.2, -0.15) is 0 Å². The van der Waals surface area contributed by atoms with Crippen molar-refractivity contribution in [2.24, 2.45) is 11.7 Å². The molecule has 0 spiro atoms. The molecule has 1 heterocycles. The number of fused-ring (bicyclic) bond motifs is 1. The largest absolute Gasteiger partial charge is 0.366 e. The summed E-state index contributed by atoms with van der Waals surface area (Å²) in [6.45, 7) is 2.87. The summed E-state index contributed by atoms with van der Waals surface area (Å²) in [5, 5.41) is 2.78. The third-order valence-electron chi connectivity index (χ3n) is 5.69. The average molecular weight is 387 g/mol. The summed E-state index contributed by atoms with van der Waals surface area (Å²) >= 11 is 0. The van der Waals surface area contributed by atoms with Crippen LogP contribution in [0.1, 0.15) is 49.4 Å². The molecule has 1 aromatic carbocycles. The molecule has 1 aliphatic heterocycles. The number of nitrogens with one attached hydrogen (secondary N) is 3. The lowest BCUT2D eigenvalue weighted by Gasteiger charge is -2.30. The van der Waals surface area contributed by atoms with E-state index in [4.69, 9.17) is 5.73 Å². The topological polar surface area (TPSA) is 117 Å². The van der Waals surface area contributed by atoms with Crippen LogP contribution < -0.4 is 21.9 Å². The normalized spacial score (nSPS) is 23.7. The second-order valence-corrected chi connectivity index (χ2v) is 7.48. The highest BCUT2D eigenvalue weighted by Gasteiger charge is 2.42. The summed E-state index contributed by atoms with van der Waals surface area (Å²) in [5.74, 6) is -0.299. The summed E-state index contributed by atoms with van der Waals surface area (Å²) in [6, 6.07) is 6.57. The number of hydrogen-bond donors (Lipinski definition) is 4. The molecule has 8 heteroatoms. The number of hydrazine groups is 1. The van der Waals surface area contributed by atoms with Gasteiger partial charge in [0.15, 0.2) is 0 Å². The number of carbonyl (C=O) groups excluding carboxylic acids is 3. The average Bonchev–Trinajstić information content (AvgIpc) is 3.13. The minimum absolute atomic E-state index is 0.0583. The number of nitrogens with two attached hydrogens (primary N) is 1. The van der Waals surface area contributed by atoms with Gasteiger partial charge in [0.05, 0.1) is 0 Å². The Morgan fingerprint density at radius 3 is 2.54 bits per heavy atom. The summed E-state index contributed by atoms with van der Waals surface area (Å²) in [4.78, 5) is 38.0. The lowest BCUT2D eigenvalue weighted by Crippen LogP contribution is -2.48. The zero-order valence-corrected chi connectivity index (χ0v) is 16.2. The Morgan fingerprint density at radius 1 is 1.14 bits per heavy atom. The van der Waals surface area contributed by atoms with Gasteiger partial charge >= 0.3 is 0 Å². The minimum atomic E-state index is -0.509. The molecule has 0 aromatic heterocycles. The molecule has 2 fully saturated rings. The molecule has 3 unspecified atom stereocenters. The molecule has 1 aliphatic carbocycles. The molecule has 2 aliphatic rings. The van der Waals surface area contributed by atoms with Gasteiger partial charge in [-0.25, -0.2) is 5.43 Å². The molecule has 3 atom stereocenters. The van der Waals surface area contributed by atoms with Gasteiger partial charge in [0.25, 0.3) is 0 Å². The van der Waals surface area contributed by atoms with E-state index in [2.05, 4.69) is 16.2 Å². The molecule has 3 rings (SSSR count). The summed E-state index contributed by atoms with van der Waals surface area (Å²) in [7, 11) is 0. The van der Waals surface area contributed by atoms with Gasteiger partial charge in [-0.05, 0) is 44.0 Å². The summed E-state index contributed by atoms with van der Waals surface area (Å²) < 4.78 is 0. The fourth-order valence-electron chi connectivity index (χ4n) is 4.09. The Kier molecular flexibility index (Phi) is 6.64. The Balaban J connectivity index is 1.51. The second-order valence-electron chi connectivity index (χ2n) is 7.48. The Labute approximate surface area is 165 Å². The van der Waals surface area contributed by atoms with Crippen LogP contribution in [0, 0.1) is 5.92 Å². The van der Waals surface area contributed by atoms with Gasteiger partial charge < -0.3 is 16.0 Å². The molecular formula is C20H29N5O3. The number of carbonyl (C=O) groups is 3. The maximum Gasteiger partial charge on any atom is 0.248 e. The highest BCUT2D eigenvalue weighted by molar-refractivity contribution is 5.95. The van der Waals surface area contributed by atoms with E-state index < -0.39 is 5.91 Å². The van der Waals surface area contributed by atoms with Crippen molar-refractivity contribution in [2.45, 2.75) is 51.1 Å². The van der Waals surface area contributed by atoms with Crippen molar-refractivity contribution in [3.8, 4) is 0 Å². The third-order valence-corrected chi connectivity index (χ3v) is 5.69. The number of rotatable bonds is 7. The molecule has 152 valence electrons. The van der Waals surface area contributed by atoms with Crippen molar-refractivity contribution in [1.29, 1.82) is 0 Å². The fraction of sp³-hybridized carbons (Fsp3) is 0.550. The Morgan fingerprint density at radius 2 is 1.86 bits per heavy atom. The van der Waals surface area contributed by atoms with Crippen molar-refractivity contribution in [3.63, 3.8) is 0 Å². The van der Waals surface area contributed by atoms with Crippen LogP contribution in [-0.4, -0.2) is 47.8 Å². The van der Waals surface area contributed by atoms with Crippen LogP contribution in [0.3, 0.4) is 0 Å². The van der Waals surface area contributed by atoms with Crippen LogP contribution in [0.25, 0.3) is 0 Å². The number of nitrogens with zero attached hydrogens (tertiary/aromatic N) is 1. The smallest absolute Gasteiger partial charge is 0.248 e. The number of benzene rings is 1. The minimum Gasteiger partial charge on any atom is -0.366 e. The van der Waals surface area contributed by atoms with E-state index >= 15 is 0 Å². The van der Waals surface area contributed by atoms with Gasteiger partial charge in [-0.3, -0.25) is 19.8 Å². The predicted molar refractivity (Wildman–Crippen MR) is 106 cm³/mol.